The van der Waals surface area contributed by atoms with E-state index in [1.807, 2.05) is 0 Å². The number of ether oxygens (including phenoxy) is 1. The Hall–Kier alpha value is -2.26. The second-order valence-electron chi connectivity index (χ2n) is 16.1. The third-order valence-corrected chi connectivity index (χ3v) is 18.0. The molecule has 7 atom stereocenters. The molecule has 0 aliphatic heterocycles. The van der Waals surface area contributed by atoms with E-state index in [-0.39, 0.29) is 58.4 Å². The van der Waals surface area contributed by atoms with E-state index in [0.29, 0.717) is 6.42 Å². The molecule has 5 rings (SSSR count). The second kappa shape index (κ2) is 13.6. The summed E-state index contributed by atoms with van der Waals surface area (Å²) in [6.07, 6.45) is 8.06. The number of benzene rings is 2. The molecule has 3 saturated carbocycles. The van der Waals surface area contributed by atoms with Crippen LogP contribution in [0.25, 0.3) is 0 Å². The summed E-state index contributed by atoms with van der Waals surface area (Å²) in [5.74, 6) is 0.296. The van der Waals surface area contributed by atoms with Crippen LogP contribution in [0.3, 0.4) is 0 Å². The van der Waals surface area contributed by atoms with Crippen molar-refractivity contribution >= 4 is 34.8 Å². The number of rotatable bonds is 10. The van der Waals surface area contributed by atoms with Crippen molar-refractivity contribution in [2.45, 2.75) is 110 Å². The Bertz CT molecular complexity index is 1480. The summed E-state index contributed by atoms with van der Waals surface area (Å²) in [7, 11) is -6.37. The van der Waals surface area contributed by atoms with Crippen molar-refractivity contribution < 1.29 is 26.6 Å². The fourth-order valence-electron chi connectivity index (χ4n) is 9.75. The molecule has 0 bridgehead atoms. The zero-order valence-electron chi connectivity index (χ0n) is 29.6. The molecule has 0 amide bonds. The first-order valence-corrected chi connectivity index (χ1v) is 21.2. The van der Waals surface area contributed by atoms with Crippen molar-refractivity contribution in [1.29, 1.82) is 0 Å². The number of hydrogen-bond donors (Lipinski definition) is 0. The standard InChI is InChI=1S/C39H56O6SSi/c1-28-19-20-34-36(44-29(2)40)35(22-25-38(28,34)6)39(7)24-21-31(27-30(39)23-26-43-46(8,41)42)45-47(37(3,4)5,32-15-11-9-12-16-32)33-17-13-10-14-18-33/h9-18,30-31,34-36H,1,19-27H2,2-8H3/t30-,31-,34+,35+,36-,38+,39-/m0/s1. The number of allylic oxidation sites excluding steroid dienone is 1. The summed E-state index contributed by atoms with van der Waals surface area (Å²) in [6.45, 7) is 17.7. The van der Waals surface area contributed by atoms with E-state index in [9.17, 15) is 13.2 Å². The number of carbonyl (C=O) groups excluding carboxylic acids is 1. The molecule has 0 heterocycles. The van der Waals surface area contributed by atoms with E-state index in [2.05, 4.69) is 102 Å². The highest BCUT2D eigenvalue weighted by Crippen LogP contribution is 2.62. The van der Waals surface area contributed by atoms with Crippen LogP contribution in [0.1, 0.15) is 92.9 Å². The molecule has 2 aromatic carbocycles. The van der Waals surface area contributed by atoms with Gasteiger partial charge in [0.15, 0.2) is 0 Å². The molecule has 0 saturated heterocycles. The van der Waals surface area contributed by atoms with Gasteiger partial charge >= 0.3 is 5.97 Å². The molecule has 3 fully saturated rings. The lowest BCUT2D eigenvalue weighted by Crippen LogP contribution is -2.68. The van der Waals surface area contributed by atoms with Crippen LogP contribution in [-0.4, -0.2) is 47.8 Å². The van der Waals surface area contributed by atoms with Crippen LogP contribution in [0.15, 0.2) is 72.8 Å². The van der Waals surface area contributed by atoms with Crippen LogP contribution in [0.4, 0.5) is 0 Å². The predicted molar refractivity (Wildman–Crippen MR) is 192 cm³/mol. The summed E-state index contributed by atoms with van der Waals surface area (Å²) in [6, 6.07) is 21.5. The number of carbonyl (C=O) groups is 1. The first kappa shape index (κ1) is 36.0. The Balaban J connectivity index is 1.52. The lowest BCUT2D eigenvalue weighted by atomic mass is 9.51. The maximum atomic E-state index is 12.6. The minimum absolute atomic E-state index is 0.00935. The zero-order chi connectivity index (χ0) is 34.3. The Labute approximate surface area is 284 Å². The summed E-state index contributed by atoms with van der Waals surface area (Å²) in [5, 5.41) is 2.36. The van der Waals surface area contributed by atoms with E-state index in [4.69, 9.17) is 13.3 Å². The highest BCUT2D eigenvalue weighted by Gasteiger charge is 2.59. The molecular formula is C39H56O6SSi. The van der Waals surface area contributed by atoms with Crippen LogP contribution in [-0.2, 0) is 28.3 Å². The predicted octanol–water partition coefficient (Wildman–Crippen LogP) is 7.42. The van der Waals surface area contributed by atoms with Crippen LogP contribution >= 0.6 is 0 Å². The van der Waals surface area contributed by atoms with E-state index >= 15 is 0 Å². The maximum Gasteiger partial charge on any atom is 0.302 e. The second-order valence-corrected chi connectivity index (χ2v) is 22.0. The molecule has 0 radical (unpaired) electrons. The van der Waals surface area contributed by atoms with Crippen molar-refractivity contribution in [3.63, 3.8) is 0 Å². The monoisotopic (exact) mass is 680 g/mol. The molecule has 8 heteroatoms. The van der Waals surface area contributed by atoms with Gasteiger partial charge in [-0.2, -0.15) is 8.42 Å². The lowest BCUT2D eigenvalue weighted by Gasteiger charge is -2.57. The third-order valence-electron chi connectivity index (χ3n) is 12.3. The first-order valence-electron chi connectivity index (χ1n) is 17.5. The summed E-state index contributed by atoms with van der Waals surface area (Å²) in [4.78, 5) is 12.6. The number of hydrogen-bond acceptors (Lipinski definition) is 6. The fraction of sp³-hybridized carbons (Fsp3) is 0.615. The SMILES string of the molecule is C=C1CC[C@@H]2[C@H](OC(C)=O)[C@H]([C@@]3(C)CC[C@H](O[Si](c4ccccc4)(c4ccccc4)C(C)(C)C)C[C@@H]3CCOS(C)(=O)=O)CC[C@]12C. The molecular weight excluding hydrogens is 625 g/mol. The molecule has 0 spiro atoms. The van der Waals surface area contributed by atoms with Crippen LogP contribution in [0.5, 0.6) is 0 Å². The minimum atomic E-state index is -3.58. The molecule has 3 aliphatic carbocycles. The third kappa shape index (κ3) is 7.08. The van der Waals surface area contributed by atoms with Gasteiger partial charge in [-0.1, -0.05) is 107 Å². The molecule has 0 N–H and O–H groups in total. The highest BCUT2D eigenvalue weighted by molar-refractivity contribution is 7.85. The Morgan fingerprint density at radius 2 is 1.53 bits per heavy atom. The van der Waals surface area contributed by atoms with E-state index in [0.717, 1.165) is 51.2 Å². The quantitative estimate of drug-likeness (QED) is 0.113. The average molecular weight is 681 g/mol. The van der Waals surface area contributed by atoms with Gasteiger partial charge in [-0.3, -0.25) is 8.98 Å². The van der Waals surface area contributed by atoms with E-state index in [1.165, 1.54) is 22.9 Å². The molecule has 47 heavy (non-hydrogen) atoms. The molecule has 0 unspecified atom stereocenters. The fourth-order valence-corrected chi connectivity index (χ4v) is 14.9. The summed E-state index contributed by atoms with van der Waals surface area (Å²) in [5.41, 5.74) is 1.08. The maximum absolute atomic E-state index is 12.6. The van der Waals surface area contributed by atoms with Crippen LogP contribution < -0.4 is 10.4 Å². The number of fused-ring (bicyclic) bond motifs is 1. The van der Waals surface area contributed by atoms with Crippen molar-refractivity contribution in [2.24, 2.45) is 28.6 Å². The molecule has 3 aliphatic rings. The Kier molecular flexibility index (Phi) is 10.4. The zero-order valence-corrected chi connectivity index (χ0v) is 31.4. The summed E-state index contributed by atoms with van der Waals surface area (Å²) >= 11 is 0. The van der Waals surface area contributed by atoms with Gasteiger partial charge in [-0.25, -0.2) is 0 Å². The Morgan fingerprint density at radius 3 is 2.06 bits per heavy atom. The van der Waals surface area contributed by atoms with Gasteiger partial charge in [-0.15, -0.1) is 0 Å². The van der Waals surface area contributed by atoms with Crippen molar-refractivity contribution in [1.82, 2.24) is 0 Å². The smallest absolute Gasteiger partial charge is 0.302 e. The van der Waals surface area contributed by atoms with Gasteiger partial charge in [0.1, 0.15) is 6.10 Å². The van der Waals surface area contributed by atoms with Gasteiger partial charge in [-0.05, 0) is 83.5 Å². The van der Waals surface area contributed by atoms with E-state index in [1.54, 1.807) is 0 Å². The van der Waals surface area contributed by atoms with Gasteiger partial charge in [0, 0.05) is 24.9 Å². The Morgan fingerprint density at radius 1 is 0.936 bits per heavy atom. The van der Waals surface area contributed by atoms with Crippen molar-refractivity contribution in [3.8, 4) is 0 Å². The molecule has 258 valence electrons. The lowest BCUT2D eigenvalue weighted by molar-refractivity contribution is -0.173. The molecule has 2 aromatic rings. The summed E-state index contributed by atoms with van der Waals surface area (Å²) < 4.78 is 43.5. The van der Waals surface area contributed by atoms with Gasteiger partial charge < -0.3 is 9.16 Å². The first-order chi connectivity index (χ1) is 22.0. The van der Waals surface area contributed by atoms with Crippen LogP contribution in [0, 0.1) is 28.6 Å². The minimum Gasteiger partial charge on any atom is -0.462 e. The largest absolute Gasteiger partial charge is 0.462 e. The van der Waals surface area contributed by atoms with Gasteiger partial charge in [0.2, 0.25) is 0 Å². The van der Waals surface area contributed by atoms with Gasteiger partial charge in [0.25, 0.3) is 18.4 Å². The highest BCUT2D eigenvalue weighted by atomic mass is 32.2. The normalized spacial score (nSPS) is 31.7. The van der Waals surface area contributed by atoms with Gasteiger partial charge in [0.05, 0.1) is 12.9 Å². The topological polar surface area (TPSA) is 78.9 Å². The average Bonchev–Trinajstić information content (AvgIpc) is 3.31. The van der Waals surface area contributed by atoms with E-state index < -0.39 is 18.4 Å². The van der Waals surface area contributed by atoms with Crippen LogP contribution in [0.2, 0.25) is 5.04 Å². The van der Waals surface area contributed by atoms with Crippen molar-refractivity contribution in [2.75, 3.05) is 12.9 Å². The molecule has 6 nitrogen and oxygen atoms in total. The molecule has 0 aromatic heterocycles. The number of esters is 1. The van der Waals surface area contributed by atoms with Crippen molar-refractivity contribution in [3.05, 3.63) is 72.8 Å².